The number of aryl methyl sites for hydroxylation is 1. The molecule has 0 unspecified atom stereocenters. The van der Waals surface area contributed by atoms with Crippen LogP contribution in [0.4, 0.5) is 5.69 Å². The Morgan fingerprint density at radius 3 is 2.18 bits per heavy atom. The Labute approximate surface area is 187 Å². The first kappa shape index (κ1) is 20.2. The first-order valence-corrected chi connectivity index (χ1v) is 10.2. The number of nitrogens with zero attached hydrogens (tertiary/aromatic N) is 3. The second-order valence-electron chi connectivity index (χ2n) is 7.59. The number of nitro benzene ring substituents is 1. The van der Waals surface area contributed by atoms with E-state index in [-0.39, 0.29) is 5.56 Å². The molecule has 0 aliphatic carbocycles. The highest BCUT2D eigenvalue weighted by Crippen LogP contribution is 2.35. The fourth-order valence-corrected chi connectivity index (χ4v) is 4.03. The van der Waals surface area contributed by atoms with Crippen LogP contribution in [0.3, 0.4) is 0 Å². The van der Waals surface area contributed by atoms with Gasteiger partial charge in [0.05, 0.1) is 27.4 Å². The third-order valence-corrected chi connectivity index (χ3v) is 5.55. The summed E-state index contributed by atoms with van der Waals surface area (Å²) < 4.78 is 1.37. The van der Waals surface area contributed by atoms with Crippen molar-refractivity contribution in [1.29, 1.82) is 0 Å². The Morgan fingerprint density at radius 2 is 1.55 bits per heavy atom. The molecule has 0 aliphatic rings. The van der Waals surface area contributed by atoms with E-state index in [9.17, 15) is 20.0 Å². The lowest BCUT2D eigenvalue weighted by Crippen LogP contribution is -2.19. The van der Waals surface area contributed by atoms with Gasteiger partial charge in [-0.1, -0.05) is 60.7 Å². The SMILES string of the molecule is Cc1nc2c(-c3ccccc3)c(-c3ccccc3)[nH]n2c(=O)c1-c1ccc(O)c([N+](=O)[O-])c1. The molecule has 0 fully saturated rings. The summed E-state index contributed by atoms with van der Waals surface area (Å²) in [5.74, 6) is -0.465. The number of hydrogen-bond acceptors (Lipinski definition) is 5. The molecule has 2 N–H and O–H groups in total. The Morgan fingerprint density at radius 1 is 0.909 bits per heavy atom. The molecule has 8 nitrogen and oxygen atoms in total. The Kier molecular flexibility index (Phi) is 4.75. The zero-order valence-corrected chi connectivity index (χ0v) is 17.5. The van der Waals surface area contributed by atoms with Gasteiger partial charge in [0, 0.05) is 11.6 Å². The Bertz CT molecular complexity index is 1570. The molecule has 8 heteroatoms. The number of aromatic nitrogens is 3. The lowest BCUT2D eigenvalue weighted by molar-refractivity contribution is -0.385. The van der Waals surface area contributed by atoms with E-state index in [0.29, 0.717) is 16.9 Å². The van der Waals surface area contributed by atoms with Crippen molar-refractivity contribution in [2.75, 3.05) is 0 Å². The van der Waals surface area contributed by atoms with Crippen molar-refractivity contribution in [2.45, 2.75) is 6.92 Å². The monoisotopic (exact) mass is 438 g/mol. The van der Waals surface area contributed by atoms with E-state index >= 15 is 0 Å². The van der Waals surface area contributed by atoms with Crippen LogP contribution in [0.15, 0.2) is 83.7 Å². The number of nitro groups is 1. The van der Waals surface area contributed by atoms with Crippen LogP contribution in [0.2, 0.25) is 0 Å². The molecule has 0 aliphatic heterocycles. The van der Waals surface area contributed by atoms with Gasteiger partial charge in [0.15, 0.2) is 11.4 Å². The van der Waals surface area contributed by atoms with Crippen LogP contribution in [0.25, 0.3) is 39.2 Å². The number of H-pyrrole nitrogens is 1. The third kappa shape index (κ3) is 3.34. The largest absolute Gasteiger partial charge is 0.502 e. The second-order valence-corrected chi connectivity index (χ2v) is 7.59. The molecular weight excluding hydrogens is 420 g/mol. The fourth-order valence-electron chi connectivity index (χ4n) is 4.03. The number of nitrogens with one attached hydrogen (secondary N) is 1. The Balaban J connectivity index is 1.84. The van der Waals surface area contributed by atoms with Crippen LogP contribution in [0.5, 0.6) is 5.75 Å². The predicted molar refractivity (Wildman–Crippen MR) is 125 cm³/mol. The number of fused-ring (bicyclic) bond motifs is 1. The highest BCUT2D eigenvalue weighted by molar-refractivity contribution is 5.91. The van der Waals surface area contributed by atoms with Crippen LogP contribution in [0, 0.1) is 17.0 Å². The Hall–Kier alpha value is -4.72. The highest BCUT2D eigenvalue weighted by Gasteiger charge is 2.23. The summed E-state index contributed by atoms with van der Waals surface area (Å²) in [6.45, 7) is 1.69. The van der Waals surface area contributed by atoms with Crippen LogP contribution in [-0.4, -0.2) is 24.6 Å². The highest BCUT2D eigenvalue weighted by atomic mass is 16.6. The molecule has 5 rings (SSSR count). The molecule has 33 heavy (non-hydrogen) atoms. The predicted octanol–water partition coefficient (Wildman–Crippen LogP) is 4.95. The normalized spacial score (nSPS) is 11.1. The molecule has 2 aromatic heterocycles. The number of phenols is 1. The van der Waals surface area contributed by atoms with Crippen LogP contribution < -0.4 is 5.56 Å². The maximum atomic E-state index is 13.6. The van der Waals surface area contributed by atoms with E-state index in [1.165, 1.54) is 22.7 Å². The fraction of sp³-hybridized carbons (Fsp3) is 0.0400. The molecule has 0 amide bonds. The van der Waals surface area contributed by atoms with Crippen molar-refractivity contribution in [3.05, 3.63) is 105 Å². The maximum absolute atomic E-state index is 13.6. The number of hydrogen-bond donors (Lipinski definition) is 2. The maximum Gasteiger partial charge on any atom is 0.311 e. The van der Waals surface area contributed by atoms with Crippen LogP contribution in [-0.2, 0) is 0 Å². The zero-order valence-electron chi connectivity index (χ0n) is 17.5. The van der Waals surface area contributed by atoms with E-state index in [1.54, 1.807) is 6.92 Å². The average Bonchev–Trinajstić information content (AvgIpc) is 3.20. The van der Waals surface area contributed by atoms with E-state index in [1.807, 2.05) is 60.7 Å². The molecule has 0 saturated carbocycles. The van der Waals surface area contributed by atoms with Gasteiger partial charge in [-0.25, -0.2) is 4.98 Å². The van der Waals surface area contributed by atoms with Crippen LogP contribution in [0.1, 0.15) is 5.69 Å². The van der Waals surface area contributed by atoms with Gasteiger partial charge in [0.2, 0.25) is 0 Å². The molecule has 0 atom stereocenters. The molecule has 0 radical (unpaired) electrons. The van der Waals surface area contributed by atoms with Gasteiger partial charge in [-0.05, 0) is 30.2 Å². The molecule has 5 aromatic rings. The molecule has 0 bridgehead atoms. The lowest BCUT2D eigenvalue weighted by Gasteiger charge is -2.07. The quantitative estimate of drug-likeness (QED) is 0.305. The molecule has 3 aromatic carbocycles. The number of aromatic hydroxyl groups is 1. The van der Waals surface area contributed by atoms with Crippen molar-refractivity contribution < 1.29 is 10.0 Å². The topological polar surface area (TPSA) is 114 Å². The summed E-state index contributed by atoms with van der Waals surface area (Å²) in [7, 11) is 0. The van der Waals surface area contributed by atoms with Gasteiger partial charge >= 0.3 is 5.69 Å². The minimum absolute atomic E-state index is 0.219. The number of aromatic amines is 1. The second kappa shape index (κ2) is 7.76. The lowest BCUT2D eigenvalue weighted by atomic mass is 10.0. The van der Waals surface area contributed by atoms with E-state index in [4.69, 9.17) is 4.98 Å². The molecule has 2 heterocycles. The minimum atomic E-state index is -0.687. The van der Waals surface area contributed by atoms with E-state index < -0.39 is 21.9 Å². The zero-order chi connectivity index (χ0) is 23.1. The summed E-state index contributed by atoms with van der Waals surface area (Å²) >= 11 is 0. The number of benzene rings is 3. The van der Waals surface area contributed by atoms with Crippen molar-refractivity contribution in [3.63, 3.8) is 0 Å². The summed E-state index contributed by atoms with van der Waals surface area (Å²) in [6, 6.07) is 23.2. The summed E-state index contributed by atoms with van der Waals surface area (Å²) in [6.07, 6.45) is 0. The van der Waals surface area contributed by atoms with Crippen molar-refractivity contribution in [3.8, 4) is 39.3 Å². The van der Waals surface area contributed by atoms with Gasteiger partial charge in [0.25, 0.3) is 5.56 Å². The first-order chi connectivity index (χ1) is 16.0. The van der Waals surface area contributed by atoms with Gasteiger partial charge in [-0.2, -0.15) is 4.52 Å². The summed E-state index contributed by atoms with van der Waals surface area (Å²) in [5, 5.41) is 24.3. The van der Waals surface area contributed by atoms with Crippen LogP contribution >= 0.6 is 0 Å². The van der Waals surface area contributed by atoms with Crippen molar-refractivity contribution in [1.82, 2.24) is 14.6 Å². The summed E-state index contributed by atoms with van der Waals surface area (Å²) in [5.41, 5.74) is 3.85. The first-order valence-electron chi connectivity index (χ1n) is 10.2. The van der Waals surface area contributed by atoms with Crippen molar-refractivity contribution in [2.24, 2.45) is 0 Å². The van der Waals surface area contributed by atoms with Gasteiger partial charge in [-0.3, -0.25) is 20.0 Å². The van der Waals surface area contributed by atoms with Gasteiger partial charge in [0.1, 0.15) is 0 Å². The molecular formula is C25H18N4O4. The minimum Gasteiger partial charge on any atom is -0.502 e. The molecule has 0 saturated heterocycles. The smallest absolute Gasteiger partial charge is 0.311 e. The van der Waals surface area contributed by atoms with E-state index in [2.05, 4.69) is 5.10 Å². The summed E-state index contributed by atoms with van der Waals surface area (Å²) in [4.78, 5) is 28.9. The van der Waals surface area contributed by atoms with E-state index in [0.717, 1.165) is 22.4 Å². The average molecular weight is 438 g/mol. The molecule has 162 valence electrons. The third-order valence-electron chi connectivity index (χ3n) is 5.55. The standard InChI is InChI=1S/C25H18N4O4/c1-15-21(18-12-13-20(30)19(14-18)29(32)33)25(31)28-24(26-15)22(16-8-4-2-5-9-16)23(27-28)17-10-6-3-7-11-17/h2-14,27,30H,1H3. The number of phenolic OH excluding ortho intramolecular Hbond substituents is 1. The van der Waals surface area contributed by atoms with Gasteiger partial charge in [-0.15, -0.1) is 0 Å². The van der Waals surface area contributed by atoms with Gasteiger partial charge < -0.3 is 5.11 Å². The molecule has 0 spiro atoms. The van der Waals surface area contributed by atoms with Crippen molar-refractivity contribution >= 4 is 11.3 Å². The number of rotatable bonds is 4.